The Hall–Kier alpha value is -0.530. The zero-order valence-corrected chi connectivity index (χ0v) is 10.5. The molecule has 0 spiro atoms. The van der Waals surface area contributed by atoms with Crippen molar-refractivity contribution in [2.45, 2.75) is 38.0 Å². The number of carbonyl (C=O) groups is 1. The van der Waals surface area contributed by atoms with Gasteiger partial charge in [0.2, 0.25) is 0 Å². The van der Waals surface area contributed by atoms with E-state index in [0.29, 0.717) is 22.2 Å². The first kappa shape index (κ1) is 11.9. The SMILES string of the molecule is O=C1CCCCCC1c1ccc(Cl)c(Cl)c1. The summed E-state index contributed by atoms with van der Waals surface area (Å²) in [6, 6.07) is 5.53. The number of ketones is 1. The zero-order chi connectivity index (χ0) is 11.5. The van der Waals surface area contributed by atoms with E-state index in [4.69, 9.17) is 23.2 Å². The molecule has 1 aromatic rings. The van der Waals surface area contributed by atoms with Crippen LogP contribution in [0.2, 0.25) is 10.0 Å². The second-order valence-corrected chi connectivity index (χ2v) is 5.11. The molecule has 0 aromatic heterocycles. The minimum atomic E-state index is 0.0252. The average molecular weight is 257 g/mol. The Bertz CT molecular complexity index is 401. The molecule has 0 amide bonds. The highest BCUT2D eigenvalue weighted by molar-refractivity contribution is 6.42. The predicted octanol–water partition coefficient (Wildman–Crippen LogP) is 4.61. The lowest BCUT2D eigenvalue weighted by Gasteiger charge is -2.13. The molecule has 0 heterocycles. The molecule has 3 heteroatoms. The van der Waals surface area contributed by atoms with Gasteiger partial charge in [0.05, 0.1) is 10.0 Å². The Morgan fingerprint density at radius 1 is 1.06 bits per heavy atom. The second-order valence-electron chi connectivity index (χ2n) is 4.29. The van der Waals surface area contributed by atoms with Crippen molar-refractivity contribution in [3.8, 4) is 0 Å². The summed E-state index contributed by atoms with van der Waals surface area (Å²) in [4.78, 5) is 11.9. The van der Waals surface area contributed by atoms with Crippen molar-refractivity contribution in [1.29, 1.82) is 0 Å². The van der Waals surface area contributed by atoms with Crippen molar-refractivity contribution in [2.24, 2.45) is 0 Å². The fourth-order valence-corrected chi connectivity index (χ4v) is 2.55. The standard InChI is InChI=1S/C13H14Cl2O/c14-11-7-6-9(8-12(11)15)10-4-2-1-3-5-13(10)16/h6-8,10H,1-5H2. The highest BCUT2D eigenvalue weighted by atomic mass is 35.5. The number of hydrogen-bond acceptors (Lipinski definition) is 1. The highest BCUT2D eigenvalue weighted by Crippen LogP contribution is 2.32. The van der Waals surface area contributed by atoms with Gasteiger partial charge in [-0.2, -0.15) is 0 Å². The van der Waals surface area contributed by atoms with E-state index in [0.717, 1.165) is 31.2 Å². The first-order chi connectivity index (χ1) is 7.68. The second kappa shape index (κ2) is 5.20. The van der Waals surface area contributed by atoms with Gasteiger partial charge in [-0.1, -0.05) is 42.1 Å². The van der Waals surface area contributed by atoms with Crippen LogP contribution in [0.5, 0.6) is 0 Å². The molecule has 16 heavy (non-hydrogen) atoms. The summed E-state index contributed by atoms with van der Waals surface area (Å²) in [6.45, 7) is 0. The van der Waals surface area contributed by atoms with Crippen LogP contribution in [0.15, 0.2) is 18.2 Å². The lowest BCUT2D eigenvalue weighted by Crippen LogP contribution is -2.10. The molecule has 1 atom stereocenters. The molecule has 1 nitrogen and oxygen atoms in total. The normalized spacial score (nSPS) is 21.9. The van der Waals surface area contributed by atoms with E-state index >= 15 is 0 Å². The molecule has 0 aliphatic heterocycles. The van der Waals surface area contributed by atoms with Gasteiger partial charge >= 0.3 is 0 Å². The zero-order valence-electron chi connectivity index (χ0n) is 9.01. The minimum Gasteiger partial charge on any atom is -0.299 e. The Balaban J connectivity index is 2.27. The number of Topliss-reactive ketones (excluding diaryl/α,β-unsaturated/α-hetero) is 1. The summed E-state index contributed by atoms with van der Waals surface area (Å²) in [5.74, 6) is 0.369. The van der Waals surface area contributed by atoms with Crippen LogP contribution in [0.1, 0.15) is 43.6 Å². The van der Waals surface area contributed by atoms with Gasteiger partial charge in [0.25, 0.3) is 0 Å². The third-order valence-electron chi connectivity index (χ3n) is 3.15. The van der Waals surface area contributed by atoms with Gasteiger partial charge in [0.1, 0.15) is 5.78 Å². The van der Waals surface area contributed by atoms with Crippen molar-refractivity contribution in [2.75, 3.05) is 0 Å². The van der Waals surface area contributed by atoms with Crippen molar-refractivity contribution in [3.05, 3.63) is 33.8 Å². The quantitative estimate of drug-likeness (QED) is 0.671. The van der Waals surface area contributed by atoms with Gasteiger partial charge in [-0.05, 0) is 30.5 Å². The molecule has 1 aliphatic rings. The maximum Gasteiger partial charge on any atom is 0.140 e. The van der Waals surface area contributed by atoms with E-state index in [-0.39, 0.29) is 5.92 Å². The van der Waals surface area contributed by atoms with Gasteiger partial charge < -0.3 is 0 Å². The van der Waals surface area contributed by atoms with E-state index in [1.807, 2.05) is 12.1 Å². The van der Waals surface area contributed by atoms with Gasteiger partial charge in [-0.15, -0.1) is 0 Å². The summed E-state index contributed by atoms with van der Waals surface area (Å²) in [5, 5.41) is 1.09. The maximum absolute atomic E-state index is 11.9. The van der Waals surface area contributed by atoms with E-state index in [9.17, 15) is 4.79 Å². The van der Waals surface area contributed by atoms with Crippen LogP contribution in [0.3, 0.4) is 0 Å². The van der Waals surface area contributed by atoms with Crippen LogP contribution in [0, 0.1) is 0 Å². The first-order valence-electron chi connectivity index (χ1n) is 5.66. The van der Waals surface area contributed by atoms with Gasteiger partial charge in [0, 0.05) is 12.3 Å². The Morgan fingerprint density at radius 2 is 1.88 bits per heavy atom. The number of carbonyl (C=O) groups excluding carboxylic acids is 1. The molecule has 1 saturated carbocycles. The third-order valence-corrected chi connectivity index (χ3v) is 3.89. The average Bonchev–Trinajstić information content (AvgIpc) is 2.47. The maximum atomic E-state index is 11.9. The summed E-state index contributed by atoms with van der Waals surface area (Å²) in [6.07, 6.45) is 4.94. The van der Waals surface area contributed by atoms with Crippen molar-refractivity contribution >= 4 is 29.0 Å². The monoisotopic (exact) mass is 256 g/mol. The number of rotatable bonds is 1. The Morgan fingerprint density at radius 3 is 2.62 bits per heavy atom. The number of hydrogen-bond donors (Lipinski definition) is 0. The molecular formula is C13H14Cl2O. The Kier molecular flexibility index (Phi) is 3.88. The van der Waals surface area contributed by atoms with Crippen LogP contribution in [-0.2, 0) is 4.79 Å². The van der Waals surface area contributed by atoms with E-state index < -0.39 is 0 Å². The molecule has 0 radical (unpaired) electrons. The summed E-state index contributed by atoms with van der Waals surface area (Å²) >= 11 is 11.8. The van der Waals surface area contributed by atoms with Crippen LogP contribution in [0.4, 0.5) is 0 Å². The van der Waals surface area contributed by atoms with E-state index in [1.54, 1.807) is 6.07 Å². The van der Waals surface area contributed by atoms with E-state index in [1.165, 1.54) is 0 Å². The highest BCUT2D eigenvalue weighted by Gasteiger charge is 2.22. The summed E-state index contributed by atoms with van der Waals surface area (Å²) in [7, 11) is 0. The number of benzene rings is 1. The third kappa shape index (κ3) is 2.58. The molecule has 0 N–H and O–H groups in total. The molecule has 0 bridgehead atoms. The molecule has 1 aliphatic carbocycles. The largest absolute Gasteiger partial charge is 0.299 e. The van der Waals surface area contributed by atoms with E-state index in [2.05, 4.69) is 0 Å². The topological polar surface area (TPSA) is 17.1 Å². The Labute approximate surface area is 106 Å². The fraction of sp³-hybridized carbons (Fsp3) is 0.462. The smallest absolute Gasteiger partial charge is 0.140 e. The molecule has 2 rings (SSSR count). The summed E-state index contributed by atoms with van der Waals surface area (Å²) in [5.41, 5.74) is 1.02. The van der Waals surface area contributed by atoms with Crippen molar-refractivity contribution in [3.63, 3.8) is 0 Å². The van der Waals surface area contributed by atoms with Crippen LogP contribution in [-0.4, -0.2) is 5.78 Å². The predicted molar refractivity (Wildman–Crippen MR) is 67.3 cm³/mol. The molecular weight excluding hydrogens is 243 g/mol. The molecule has 0 saturated heterocycles. The van der Waals surface area contributed by atoms with Crippen molar-refractivity contribution < 1.29 is 4.79 Å². The van der Waals surface area contributed by atoms with Crippen LogP contribution < -0.4 is 0 Å². The van der Waals surface area contributed by atoms with Gasteiger partial charge in [-0.3, -0.25) is 4.79 Å². The molecule has 86 valence electrons. The molecule has 1 unspecified atom stereocenters. The fourth-order valence-electron chi connectivity index (χ4n) is 2.24. The summed E-state index contributed by atoms with van der Waals surface area (Å²) < 4.78 is 0. The molecule has 1 fully saturated rings. The van der Waals surface area contributed by atoms with Gasteiger partial charge in [0.15, 0.2) is 0 Å². The van der Waals surface area contributed by atoms with Crippen molar-refractivity contribution in [1.82, 2.24) is 0 Å². The van der Waals surface area contributed by atoms with Crippen LogP contribution in [0.25, 0.3) is 0 Å². The number of halogens is 2. The lowest BCUT2D eigenvalue weighted by molar-refractivity contribution is -0.120. The lowest BCUT2D eigenvalue weighted by atomic mass is 9.91. The molecule has 1 aromatic carbocycles. The minimum absolute atomic E-state index is 0.0252. The van der Waals surface area contributed by atoms with Gasteiger partial charge in [-0.25, -0.2) is 0 Å². The van der Waals surface area contributed by atoms with Crippen LogP contribution >= 0.6 is 23.2 Å². The first-order valence-corrected chi connectivity index (χ1v) is 6.42.